The maximum absolute atomic E-state index is 5.86. The lowest BCUT2D eigenvalue weighted by Gasteiger charge is -2.29. The second kappa shape index (κ2) is 16.7. The van der Waals surface area contributed by atoms with Crippen LogP contribution in [0.2, 0.25) is 0 Å². The first-order chi connectivity index (χ1) is 17.1. The maximum atomic E-state index is 5.86. The van der Waals surface area contributed by atoms with E-state index >= 15 is 0 Å². The smallest absolute Gasteiger partial charge is 0.0765 e. The van der Waals surface area contributed by atoms with Crippen molar-refractivity contribution in [3.63, 3.8) is 0 Å². The Hall–Kier alpha value is -2.91. The first kappa shape index (κ1) is 28.3. The highest BCUT2D eigenvalue weighted by molar-refractivity contribution is 5.67. The Bertz CT molecular complexity index is 905. The molecule has 1 saturated heterocycles. The number of hydrogen-bond acceptors (Lipinski definition) is 2. The Kier molecular flexibility index (Phi) is 13.5. The standard InChI is InChI=1S/C25H35N.C6H6.CH4N2/c1-20-10-7-8-14-25(20)21(2)11-9-17-26-18-15-24(16-19-26)22(3)23-12-5-4-6-13-23;1-2-4-6-5-3-1;2-1-3/h4-6,12-13H,1,7-11,14-19H2,2-3H3;1-6H;1H,(H3,2,3)/b25-21+;;. The Balaban J connectivity index is 0.000000406. The summed E-state index contributed by atoms with van der Waals surface area (Å²) in [5, 5.41) is 5.86. The van der Waals surface area contributed by atoms with Crippen LogP contribution in [-0.2, 0) is 0 Å². The summed E-state index contributed by atoms with van der Waals surface area (Å²) in [4.78, 5) is 2.66. The SMILES string of the molecule is C=C1CCCC/C1=C(/C)CCCN1CCC(=C(C)c2ccccc2)CC1.N=CN.c1ccccc1. The van der Waals surface area contributed by atoms with E-state index in [4.69, 9.17) is 5.41 Å². The Labute approximate surface area is 214 Å². The number of nitrogens with two attached hydrogens (primary N) is 1. The van der Waals surface area contributed by atoms with Crippen molar-refractivity contribution in [2.24, 2.45) is 5.73 Å². The molecule has 3 nitrogen and oxygen atoms in total. The lowest BCUT2D eigenvalue weighted by molar-refractivity contribution is 0.254. The van der Waals surface area contributed by atoms with Crippen molar-refractivity contribution in [3.05, 3.63) is 101 Å². The molecule has 0 radical (unpaired) electrons. The molecule has 1 heterocycles. The van der Waals surface area contributed by atoms with Gasteiger partial charge in [0.2, 0.25) is 0 Å². The van der Waals surface area contributed by atoms with Gasteiger partial charge in [-0.05, 0) is 88.5 Å². The van der Waals surface area contributed by atoms with Gasteiger partial charge in [-0.15, -0.1) is 0 Å². The molecule has 188 valence electrons. The van der Waals surface area contributed by atoms with Gasteiger partial charge in [0.25, 0.3) is 0 Å². The van der Waals surface area contributed by atoms with Gasteiger partial charge < -0.3 is 10.6 Å². The molecule has 2 aromatic rings. The van der Waals surface area contributed by atoms with Gasteiger partial charge in [0, 0.05) is 13.1 Å². The van der Waals surface area contributed by atoms with Crippen molar-refractivity contribution < 1.29 is 0 Å². The third-order valence-corrected chi connectivity index (χ3v) is 6.99. The van der Waals surface area contributed by atoms with Gasteiger partial charge in [0.05, 0.1) is 6.34 Å². The summed E-state index contributed by atoms with van der Waals surface area (Å²) < 4.78 is 0. The fraction of sp³-hybridized carbons (Fsp3) is 0.406. The maximum Gasteiger partial charge on any atom is 0.0765 e. The molecule has 2 aliphatic rings. The molecule has 2 aromatic carbocycles. The Morgan fingerprint density at radius 1 is 0.886 bits per heavy atom. The fourth-order valence-corrected chi connectivity index (χ4v) is 4.90. The number of nitrogens with zero attached hydrogens (tertiary/aromatic N) is 1. The minimum atomic E-state index is 0.750. The van der Waals surface area contributed by atoms with Gasteiger partial charge in [0.15, 0.2) is 0 Å². The molecule has 0 spiro atoms. The van der Waals surface area contributed by atoms with E-state index in [1.54, 1.807) is 16.7 Å². The van der Waals surface area contributed by atoms with E-state index in [1.165, 1.54) is 87.7 Å². The molecule has 0 aromatic heterocycles. The molecule has 1 saturated carbocycles. The number of piperidine rings is 1. The number of likely N-dealkylation sites (tertiary alicyclic amines) is 1. The molecular weight excluding hydrogens is 426 g/mol. The van der Waals surface area contributed by atoms with Gasteiger partial charge in [-0.3, -0.25) is 5.41 Å². The normalized spacial score (nSPS) is 17.3. The topological polar surface area (TPSA) is 53.1 Å². The van der Waals surface area contributed by atoms with Crippen molar-refractivity contribution >= 4 is 11.9 Å². The summed E-state index contributed by atoms with van der Waals surface area (Å²) in [5.41, 5.74) is 13.6. The van der Waals surface area contributed by atoms with E-state index in [1.807, 2.05) is 36.4 Å². The summed E-state index contributed by atoms with van der Waals surface area (Å²) in [6.45, 7) is 12.6. The molecule has 1 aliphatic carbocycles. The number of benzene rings is 2. The first-order valence-electron chi connectivity index (χ1n) is 13.1. The minimum absolute atomic E-state index is 0.750. The van der Waals surface area contributed by atoms with E-state index in [0.29, 0.717) is 0 Å². The molecule has 3 heteroatoms. The molecule has 0 amide bonds. The zero-order valence-corrected chi connectivity index (χ0v) is 21.9. The van der Waals surface area contributed by atoms with E-state index in [0.717, 1.165) is 6.34 Å². The van der Waals surface area contributed by atoms with Crippen LogP contribution in [0.15, 0.2) is 95.6 Å². The Morgan fingerprint density at radius 2 is 1.40 bits per heavy atom. The average molecular weight is 472 g/mol. The van der Waals surface area contributed by atoms with E-state index in [-0.39, 0.29) is 0 Å². The summed E-state index contributed by atoms with van der Waals surface area (Å²) in [7, 11) is 0. The van der Waals surface area contributed by atoms with Gasteiger partial charge in [-0.1, -0.05) is 90.0 Å². The van der Waals surface area contributed by atoms with E-state index in [9.17, 15) is 0 Å². The second-order valence-electron chi connectivity index (χ2n) is 9.43. The van der Waals surface area contributed by atoms with Crippen LogP contribution in [0.1, 0.15) is 70.8 Å². The number of rotatable bonds is 5. The van der Waals surface area contributed by atoms with Crippen molar-refractivity contribution in [2.45, 2.75) is 65.2 Å². The summed E-state index contributed by atoms with van der Waals surface area (Å²) >= 11 is 0. The number of nitrogens with one attached hydrogen (secondary N) is 1. The molecule has 0 bridgehead atoms. The van der Waals surface area contributed by atoms with E-state index < -0.39 is 0 Å². The third kappa shape index (κ3) is 10.5. The highest BCUT2D eigenvalue weighted by Crippen LogP contribution is 2.31. The van der Waals surface area contributed by atoms with Crippen molar-refractivity contribution in [3.8, 4) is 0 Å². The average Bonchev–Trinajstić information content (AvgIpc) is 2.91. The number of allylic oxidation sites excluding steroid dienone is 4. The van der Waals surface area contributed by atoms with Crippen LogP contribution in [0.25, 0.3) is 5.57 Å². The molecule has 1 aliphatic heterocycles. The summed E-state index contributed by atoms with van der Waals surface area (Å²) in [6.07, 6.45) is 10.9. The molecule has 0 unspecified atom stereocenters. The third-order valence-electron chi connectivity index (χ3n) is 6.99. The van der Waals surface area contributed by atoms with Crippen LogP contribution < -0.4 is 5.73 Å². The predicted molar refractivity (Wildman–Crippen MR) is 154 cm³/mol. The Morgan fingerprint density at radius 3 is 1.94 bits per heavy atom. The zero-order valence-electron chi connectivity index (χ0n) is 21.9. The monoisotopic (exact) mass is 471 g/mol. The zero-order chi connectivity index (χ0) is 25.3. The lowest BCUT2D eigenvalue weighted by Crippen LogP contribution is -2.31. The molecule has 2 fully saturated rings. The highest BCUT2D eigenvalue weighted by Gasteiger charge is 2.16. The summed E-state index contributed by atoms with van der Waals surface area (Å²) in [5.74, 6) is 0. The van der Waals surface area contributed by atoms with Crippen LogP contribution in [0.5, 0.6) is 0 Å². The van der Waals surface area contributed by atoms with Crippen molar-refractivity contribution in [2.75, 3.05) is 19.6 Å². The van der Waals surface area contributed by atoms with E-state index in [2.05, 4.69) is 61.4 Å². The molecule has 0 atom stereocenters. The van der Waals surface area contributed by atoms with Crippen LogP contribution in [-0.4, -0.2) is 30.9 Å². The molecule has 35 heavy (non-hydrogen) atoms. The van der Waals surface area contributed by atoms with Gasteiger partial charge in [-0.25, -0.2) is 0 Å². The molecule has 3 N–H and O–H groups in total. The van der Waals surface area contributed by atoms with Gasteiger partial charge >= 0.3 is 0 Å². The lowest BCUT2D eigenvalue weighted by atomic mass is 9.86. The van der Waals surface area contributed by atoms with Crippen LogP contribution in [0, 0.1) is 5.41 Å². The van der Waals surface area contributed by atoms with Crippen LogP contribution in [0.3, 0.4) is 0 Å². The first-order valence-corrected chi connectivity index (χ1v) is 13.1. The van der Waals surface area contributed by atoms with Gasteiger partial charge in [0.1, 0.15) is 0 Å². The minimum Gasteiger partial charge on any atom is -0.390 e. The molecule has 4 rings (SSSR count). The second-order valence-corrected chi connectivity index (χ2v) is 9.43. The van der Waals surface area contributed by atoms with Crippen LogP contribution in [0.4, 0.5) is 0 Å². The number of hydrogen-bond donors (Lipinski definition) is 2. The quantitative estimate of drug-likeness (QED) is 0.342. The summed E-state index contributed by atoms with van der Waals surface area (Å²) in [6, 6.07) is 22.9. The molecular formula is C32H45N3. The van der Waals surface area contributed by atoms with Crippen molar-refractivity contribution in [1.29, 1.82) is 5.41 Å². The van der Waals surface area contributed by atoms with Crippen molar-refractivity contribution in [1.82, 2.24) is 4.90 Å². The van der Waals surface area contributed by atoms with Gasteiger partial charge in [-0.2, -0.15) is 0 Å². The van der Waals surface area contributed by atoms with Crippen LogP contribution >= 0.6 is 0 Å². The highest BCUT2D eigenvalue weighted by atomic mass is 15.1. The fourth-order valence-electron chi connectivity index (χ4n) is 4.90. The largest absolute Gasteiger partial charge is 0.390 e. The predicted octanol–water partition coefficient (Wildman–Crippen LogP) is 8.02.